The molecule has 0 atom stereocenters. The number of methoxy groups -OCH3 is 2. The predicted molar refractivity (Wildman–Crippen MR) is 138 cm³/mol. The number of hydrogen-bond donors (Lipinski definition) is 1. The predicted octanol–water partition coefficient (Wildman–Crippen LogP) is 5.61. The summed E-state index contributed by atoms with van der Waals surface area (Å²) in [6.45, 7) is 2.04. The largest absolute Gasteiger partial charge is 0.493 e. The molecule has 1 fully saturated rings. The second kappa shape index (κ2) is 11.0. The first-order chi connectivity index (χ1) is 17.6. The van der Waals surface area contributed by atoms with Crippen LogP contribution in [-0.2, 0) is 11.2 Å². The summed E-state index contributed by atoms with van der Waals surface area (Å²) in [6.07, 6.45) is -3.33. The molecule has 37 heavy (non-hydrogen) atoms. The number of hydrogen-bond acceptors (Lipinski definition) is 4. The van der Waals surface area contributed by atoms with Crippen molar-refractivity contribution in [2.75, 3.05) is 47.9 Å². The van der Waals surface area contributed by atoms with Gasteiger partial charge >= 0.3 is 6.18 Å². The number of likely N-dealkylation sites (tertiary alicyclic amines) is 1. The van der Waals surface area contributed by atoms with Gasteiger partial charge in [0.1, 0.15) is 0 Å². The lowest BCUT2D eigenvalue weighted by Gasteiger charge is -2.32. The van der Waals surface area contributed by atoms with Gasteiger partial charge in [0.05, 0.1) is 26.3 Å². The summed E-state index contributed by atoms with van der Waals surface area (Å²) in [5, 5.41) is 0.573. The zero-order valence-electron chi connectivity index (χ0n) is 21.7. The van der Waals surface area contributed by atoms with Crippen molar-refractivity contribution in [1.29, 1.82) is 0 Å². The van der Waals surface area contributed by atoms with Crippen molar-refractivity contribution in [3.05, 3.63) is 47.5 Å². The Morgan fingerprint density at radius 3 is 2.38 bits per heavy atom. The highest BCUT2D eigenvalue weighted by Crippen LogP contribution is 2.40. The van der Waals surface area contributed by atoms with Crippen LogP contribution in [0.4, 0.5) is 13.2 Å². The molecule has 4 rings (SSSR count). The second-order valence-corrected chi connectivity index (χ2v) is 9.85. The Morgan fingerprint density at radius 2 is 1.76 bits per heavy atom. The molecule has 0 aliphatic carbocycles. The van der Waals surface area contributed by atoms with Crippen LogP contribution >= 0.6 is 0 Å². The first-order valence-electron chi connectivity index (χ1n) is 12.5. The van der Waals surface area contributed by atoms with Crippen LogP contribution in [0.2, 0.25) is 0 Å². The Balaban J connectivity index is 1.63. The van der Waals surface area contributed by atoms with Crippen LogP contribution < -0.4 is 9.47 Å². The van der Waals surface area contributed by atoms with Crippen LogP contribution in [0, 0.1) is 0 Å². The summed E-state index contributed by atoms with van der Waals surface area (Å²) in [4.78, 5) is 19.6. The number of aromatic nitrogens is 1. The molecule has 200 valence electrons. The lowest BCUT2D eigenvalue weighted by molar-refractivity contribution is -0.132. The standard InChI is InChI=1S/C28H34F3N3O3/c1-33(2)12-11-26(35)34-13-9-18(10-14-34)19-5-7-23-21(15-19)22(17-28(29,30)31)27(32-23)20-6-8-24(36-3)25(16-20)37-4/h5-8,15-16,18,32H,9-14,17H2,1-4H3. The molecule has 1 N–H and O–H groups in total. The summed E-state index contributed by atoms with van der Waals surface area (Å²) in [7, 11) is 6.90. The smallest absolute Gasteiger partial charge is 0.393 e. The lowest BCUT2D eigenvalue weighted by atomic mass is 9.88. The number of ether oxygens (including phenoxy) is 2. The minimum atomic E-state index is -4.37. The maximum absolute atomic E-state index is 13.7. The van der Waals surface area contributed by atoms with E-state index in [9.17, 15) is 18.0 Å². The van der Waals surface area contributed by atoms with Gasteiger partial charge in [0, 0.05) is 42.5 Å². The summed E-state index contributed by atoms with van der Waals surface area (Å²) in [5.74, 6) is 1.30. The van der Waals surface area contributed by atoms with E-state index in [0.29, 0.717) is 59.7 Å². The van der Waals surface area contributed by atoms with Gasteiger partial charge in [-0.15, -0.1) is 0 Å². The first kappa shape index (κ1) is 26.9. The third-order valence-electron chi connectivity index (χ3n) is 7.07. The molecule has 1 amide bonds. The van der Waals surface area contributed by atoms with Gasteiger partial charge in [-0.25, -0.2) is 0 Å². The maximum Gasteiger partial charge on any atom is 0.393 e. The van der Waals surface area contributed by atoms with E-state index in [2.05, 4.69) is 4.98 Å². The molecule has 0 unspecified atom stereocenters. The zero-order valence-corrected chi connectivity index (χ0v) is 21.7. The van der Waals surface area contributed by atoms with E-state index in [1.54, 1.807) is 18.2 Å². The van der Waals surface area contributed by atoms with Crippen molar-refractivity contribution < 1.29 is 27.4 Å². The van der Waals surface area contributed by atoms with Crippen LogP contribution in [0.25, 0.3) is 22.2 Å². The summed E-state index contributed by atoms with van der Waals surface area (Å²) in [5.41, 5.74) is 2.90. The number of aromatic amines is 1. The lowest BCUT2D eigenvalue weighted by Crippen LogP contribution is -2.39. The number of H-pyrrole nitrogens is 1. The highest BCUT2D eigenvalue weighted by atomic mass is 19.4. The number of rotatable bonds is 8. The van der Waals surface area contributed by atoms with Crippen LogP contribution in [0.15, 0.2) is 36.4 Å². The molecule has 6 nitrogen and oxygen atoms in total. The quantitative estimate of drug-likeness (QED) is 0.422. The number of amides is 1. The molecule has 1 saturated heterocycles. The van der Waals surface area contributed by atoms with E-state index in [-0.39, 0.29) is 17.4 Å². The van der Waals surface area contributed by atoms with Gasteiger partial charge in [0.2, 0.25) is 5.91 Å². The topological polar surface area (TPSA) is 57.8 Å². The van der Waals surface area contributed by atoms with Gasteiger partial charge in [-0.05, 0) is 74.3 Å². The number of nitrogens with one attached hydrogen (secondary N) is 1. The Labute approximate surface area is 215 Å². The highest BCUT2D eigenvalue weighted by Gasteiger charge is 2.32. The summed E-state index contributed by atoms with van der Waals surface area (Å²) >= 11 is 0. The van der Waals surface area contributed by atoms with Crippen molar-refractivity contribution in [2.24, 2.45) is 0 Å². The van der Waals surface area contributed by atoms with Crippen molar-refractivity contribution >= 4 is 16.8 Å². The van der Waals surface area contributed by atoms with Crippen LogP contribution in [0.1, 0.15) is 36.3 Å². The number of fused-ring (bicyclic) bond motifs is 1. The van der Waals surface area contributed by atoms with Crippen molar-refractivity contribution in [1.82, 2.24) is 14.8 Å². The number of carbonyl (C=O) groups is 1. The third kappa shape index (κ3) is 6.21. The SMILES string of the molecule is COc1ccc(-c2[nH]c3ccc(C4CCN(C(=O)CCN(C)C)CC4)cc3c2CC(F)(F)F)cc1OC. The van der Waals surface area contributed by atoms with E-state index >= 15 is 0 Å². The fraction of sp³-hybridized carbons (Fsp3) is 0.464. The number of piperidine rings is 1. The van der Waals surface area contributed by atoms with E-state index in [0.717, 1.165) is 18.4 Å². The molecule has 9 heteroatoms. The molecule has 2 aromatic carbocycles. The van der Waals surface area contributed by atoms with Crippen molar-refractivity contribution in [2.45, 2.75) is 37.8 Å². The van der Waals surface area contributed by atoms with Gasteiger partial charge in [-0.1, -0.05) is 6.07 Å². The third-order valence-corrected chi connectivity index (χ3v) is 7.07. The maximum atomic E-state index is 13.7. The Kier molecular flexibility index (Phi) is 8.02. The Bertz CT molecular complexity index is 1240. The monoisotopic (exact) mass is 517 g/mol. The van der Waals surface area contributed by atoms with Crippen molar-refractivity contribution in [3.8, 4) is 22.8 Å². The van der Waals surface area contributed by atoms with Gasteiger partial charge in [-0.3, -0.25) is 4.79 Å². The molecule has 3 aromatic rings. The van der Waals surface area contributed by atoms with E-state index < -0.39 is 12.6 Å². The molecular weight excluding hydrogens is 483 g/mol. The van der Waals surface area contributed by atoms with Crippen LogP contribution in [0.5, 0.6) is 11.5 Å². The summed E-state index contributed by atoms with van der Waals surface area (Å²) < 4.78 is 51.7. The average molecular weight is 518 g/mol. The normalized spacial score (nSPS) is 15.0. The molecule has 2 heterocycles. The Hall–Kier alpha value is -3.20. The second-order valence-electron chi connectivity index (χ2n) is 9.85. The van der Waals surface area contributed by atoms with Gasteiger partial charge in [-0.2, -0.15) is 13.2 Å². The average Bonchev–Trinajstić information content (AvgIpc) is 3.22. The van der Waals surface area contributed by atoms with Gasteiger partial charge < -0.3 is 24.3 Å². The molecule has 1 aliphatic rings. The van der Waals surface area contributed by atoms with Gasteiger partial charge in [0.15, 0.2) is 11.5 Å². The van der Waals surface area contributed by atoms with Crippen molar-refractivity contribution in [3.63, 3.8) is 0 Å². The molecule has 0 spiro atoms. The number of carbonyl (C=O) groups excluding carboxylic acids is 1. The van der Waals surface area contributed by atoms with Crippen LogP contribution in [-0.4, -0.2) is 74.8 Å². The minimum Gasteiger partial charge on any atom is -0.493 e. The summed E-state index contributed by atoms with van der Waals surface area (Å²) in [6, 6.07) is 10.9. The first-order valence-corrected chi connectivity index (χ1v) is 12.5. The molecule has 0 radical (unpaired) electrons. The van der Waals surface area contributed by atoms with E-state index in [1.807, 2.05) is 42.1 Å². The van der Waals surface area contributed by atoms with Gasteiger partial charge in [0.25, 0.3) is 0 Å². The molecular formula is C28H34F3N3O3. The molecule has 0 saturated carbocycles. The fourth-order valence-electron chi connectivity index (χ4n) is 5.08. The fourth-order valence-corrected chi connectivity index (χ4v) is 5.08. The minimum absolute atomic E-state index is 0.153. The molecule has 1 aliphatic heterocycles. The van der Waals surface area contributed by atoms with E-state index in [1.165, 1.54) is 14.2 Å². The highest BCUT2D eigenvalue weighted by molar-refractivity contribution is 5.92. The van der Waals surface area contributed by atoms with E-state index in [4.69, 9.17) is 9.47 Å². The number of nitrogens with zero attached hydrogens (tertiary/aromatic N) is 2. The Morgan fingerprint density at radius 1 is 1.05 bits per heavy atom. The number of benzene rings is 2. The number of alkyl halides is 3. The molecule has 0 bridgehead atoms. The molecule has 1 aromatic heterocycles. The number of halogens is 3. The van der Waals surface area contributed by atoms with Crippen LogP contribution in [0.3, 0.4) is 0 Å². The zero-order chi connectivity index (χ0) is 26.7.